The zero-order valence-corrected chi connectivity index (χ0v) is 14.3. The summed E-state index contributed by atoms with van der Waals surface area (Å²) in [7, 11) is 1.97. The van der Waals surface area contributed by atoms with Crippen LogP contribution in [-0.4, -0.2) is 24.3 Å². The molecule has 0 N–H and O–H groups in total. The van der Waals surface area contributed by atoms with Crippen molar-refractivity contribution in [2.75, 3.05) is 13.6 Å². The van der Waals surface area contributed by atoms with Gasteiger partial charge in [0.2, 0.25) is 0 Å². The van der Waals surface area contributed by atoms with Gasteiger partial charge in [0.1, 0.15) is 0 Å². The van der Waals surface area contributed by atoms with Crippen molar-refractivity contribution in [3.63, 3.8) is 0 Å². The molecule has 2 rings (SSSR count). The number of hydrogen-bond acceptors (Lipinski definition) is 2. The Kier molecular flexibility index (Phi) is 5.32. The van der Waals surface area contributed by atoms with Gasteiger partial charge in [0.25, 0.3) is 0 Å². The van der Waals surface area contributed by atoms with Gasteiger partial charge < -0.3 is 0 Å². The lowest BCUT2D eigenvalue weighted by molar-refractivity contribution is 0.0943. The van der Waals surface area contributed by atoms with Gasteiger partial charge in [-0.1, -0.05) is 40.2 Å². The van der Waals surface area contributed by atoms with Crippen LogP contribution in [0.3, 0.4) is 0 Å². The van der Waals surface area contributed by atoms with Crippen molar-refractivity contribution in [1.82, 2.24) is 4.90 Å². The molecule has 0 aliphatic rings. The van der Waals surface area contributed by atoms with Gasteiger partial charge in [-0.3, -0.25) is 9.69 Å². The highest BCUT2D eigenvalue weighted by atomic mass is 79.9. The fraction of sp³-hybridized carbons (Fsp3) is 0.278. The maximum absolute atomic E-state index is 12.3. The number of likely N-dealkylation sites (N-methyl/N-ethyl adjacent to an activating group) is 1. The Morgan fingerprint density at radius 3 is 2.52 bits per heavy atom. The van der Waals surface area contributed by atoms with E-state index in [0.29, 0.717) is 6.54 Å². The Labute approximate surface area is 134 Å². The van der Waals surface area contributed by atoms with E-state index in [1.807, 2.05) is 49.2 Å². The molecule has 0 aliphatic heterocycles. The minimum atomic E-state index is 0.163. The van der Waals surface area contributed by atoms with Crippen LogP contribution in [0.25, 0.3) is 0 Å². The Bertz CT molecular complexity index is 651. The predicted molar refractivity (Wildman–Crippen MR) is 90.7 cm³/mol. The molecule has 2 aromatic carbocycles. The largest absolute Gasteiger partial charge is 0.295 e. The van der Waals surface area contributed by atoms with Gasteiger partial charge in [-0.25, -0.2) is 0 Å². The molecule has 0 spiro atoms. The van der Waals surface area contributed by atoms with Gasteiger partial charge in [0, 0.05) is 16.6 Å². The van der Waals surface area contributed by atoms with Crippen LogP contribution in [0.4, 0.5) is 0 Å². The van der Waals surface area contributed by atoms with Crippen molar-refractivity contribution in [3.8, 4) is 0 Å². The highest BCUT2D eigenvalue weighted by Gasteiger charge is 2.10. The number of carbonyl (C=O) groups is 1. The quantitative estimate of drug-likeness (QED) is 0.749. The average molecular weight is 346 g/mol. The molecule has 0 saturated carbocycles. The molecule has 0 aromatic heterocycles. The first-order chi connectivity index (χ1) is 9.95. The zero-order valence-electron chi connectivity index (χ0n) is 12.7. The molecular weight excluding hydrogens is 326 g/mol. The summed E-state index contributed by atoms with van der Waals surface area (Å²) in [6.07, 6.45) is 0. The third-order valence-electron chi connectivity index (χ3n) is 3.58. The van der Waals surface area contributed by atoms with Crippen LogP contribution in [0.5, 0.6) is 0 Å². The van der Waals surface area contributed by atoms with E-state index in [0.717, 1.165) is 22.1 Å². The summed E-state index contributed by atoms with van der Waals surface area (Å²) >= 11 is 3.47. The Morgan fingerprint density at radius 2 is 1.86 bits per heavy atom. The highest BCUT2D eigenvalue weighted by Crippen LogP contribution is 2.14. The minimum Gasteiger partial charge on any atom is -0.295 e. The van der Waals surface area contributed by atoms with Crippen LogP contribution in [0.15, 0.2) is 46.9 Å². The fourth-order valence-corrected chi connectivity index (χ4v) is 2.70. The third-order valence-corrected chi connectivity index (χ3v) is 4.08. The molecule has 110 valence electrons. The number of aryl methyl sites for hydroxylation is 2. The number of halogens is 1. The molecule has 21 heavy (non-hydrogen) atoms. The van der Waals surface area contributed by atoms with Crippen molar-refractivity contribution in [2.45, 2.75) is 20.4 Å². The Hall–Kier alpha value is -1.45. The van der Waals surface area contributed by atoms with E-state index in [9.17, 15) is 4.79 Å². The van der Waals surface area contributed by atoms with Crippen molar-refractivity contribution in [3.05, 3.63) is 69.2 Å². The maximum atomic E-state index is 12.3. The van der Waals surface area contributed by atoms with E-state index in [1.54, 1.807) is 0 Å². The van der Waals surface area contributed by atoms with E-state index in [-0.39, 0.29) is 5.78 Å². The first kappa shape index (κ1) is 15.9. The second-order valence-electron chi connectivity index (χ2n) is 5.52. The second-order valence-corrected chi connectivity index (χ2v) is 6.44. The number of ketones is 1. The van der Waals surface area contributed by atoms with E-state index < -0.39 is 0 Å². The van der Waals surface area contributed by atoms with Crippen LogP contribution in [0.1, 0.15) is 27.0 Å². The molecule has 2 nitrogen and oxygen atoms in total. The van der Waals surface area contributed by atoms with Gasteiger partial charge in [-0.2, -0.15) is 0 Å². The maximum Gasteiger partial charge on any atom is 0.176 e. The lowest BCUT2D eigenvalue weighted by Gasteiger charge is -2.16. The topological polar surface area (TPSA) is 20.3 Å². The molecule has 2 aromatic rings. The van der Waals surface area contributed by atoms with Crippen LogP contribution in [0, 0.1) is 13.8 Å². The van der Waals surface area contributed by atoms with Gasteiger partial charge in [0.05, 0.1) is 6.54 Å². The number of benzene rings is 2. The molecule has 0 bridgehead atoms. The number of nitrogens with zero attached hydrogens (tertiary/aromatic N) is 1. The highest BCUT2D eigenvalue weighted by molar-refractivity contribution is 9.10. The van der Waals surface area contributed by atoms with E-state index >= 15 is 0 Å². The van der Waals surface area contributed by atoms with Crippen molar-refractivity contribution >= 4 is 21.7 Å². The first-order valence-corrected chi connectivity index (χ1v) is 7.78. The van der Waals surface area contributed by atoms with E-state index in [2.05, 4.69) is 35.0 Å². The van der Waals surface area contributed by atoms with Crippen molar-refractivity contribution < 1.29 is 4.79 Å². The predicted octanol–water partition coefficient (Wildman–Crippen LogP) is 4.38. The summed E-state index contributed by atoms with van der Waals surface area (Å²) in [5, 5.41) is 0. The normalized spacial score (nSPS) is 10.9. The molecule has 0 atom stereocenters. The fourth-order valence-electron chi connectivity index (χ4n) is 2.25. The Morgan fingerprint density at radius 1 is 1.10 bits per heavy atom. The molecule has 0 radical (unpaired) electrons. The van der Waals surface area contributed by atoms with E-state index in [4.69, 9.17) is 0 Å². The van der Waals surface area contributed by atoms with Gasteiger partial charge in [-0.05, 0) is 55.8 Å². The summed E-state index contributed by atoms with van der Waals surface area (Å²) < 4.78 is 1.06. The van der Waals surface area contributed by atoms with Gasteiger partial charge in [0.15, 0.2) is 5.78 Å². The first-order valence-electron chi connectivity index (χ1n) is 6.99. The third kappa shape index (κ3) is 4.51. The lowest BCUT2D eigenvalue weighted by Crippen LogP contribution is -2.25. The summed E-state index contributed by atoms with van der Waals surface area (Å²) in [4.78, 5) is 14.4. The standard InChI is InChI=1S/C18H20BrNO/c1-13-7-8-16(9-14(13)2)18(21)12-20(3)11-15-5-4-6-17(19)10-15/h4-10H,11-12H2,1-3H3. The monoisotopic (exact) mass is 345 g/mol. The zero-order chi connectivity index (χ0) is 15.4. The summed E-state index contributed by atoms with van der Waals surface area (Å²) in [6, 6.07) is 14.1. The van der Waals surface area contributed by atoms with Gasteiger partial charge in [-0.15, -0.1) is 0 Å². The smallest absolute Gasteiger partial charge is 0.176 e. The van der Waals surface area contributed by atoms with Crippen molar-refractivity contribution in [1.29, 1.82) is 0 Å². The molecule has 0 heterocycles. The van der Waals surface area contributed by atoms with Crippen molar-refractivity contribution in [2.24, 2.45) is 0 Å². The number of carbonyl (C=O) groups excluding carboxylic acids is 1. The lowest BCUT2D eigenvalue weighted by atomic mass is 10.0. The molecule has 3 heteroatoms. The average Bonchev–Trinajstić information content (AvgIpc) is 2.41. The number of rotatable bonds is 5. The summed E-state index contributed by atoms with van der Waals surface area (Å²) in [5.74, 6) is 0.163. The van der Waals surface area contributed by atoms with Crippen LogP contribution >= 0.6 is 15.9 Å². The molecular formula is C18H20BrNO. The van der Waals surface area contributed by atoms with Crippen LogP contribution in [0.2, 0.25) is 0 Å². The molecule has 0 aliphatic carbocycles. The number of Topliss-reactive ketones (excluding diaryl/α,β-unsaturated/α-hetero) is 1. The van der Waals surface area contributed by atoms with Gasteiger partial charge >= 0.3 is 0 Å². The minimum absolute atomic E-state index is 0.163. The summed E-state index contributed by atoms with van der Waals surface area (Å²) in [6.45, 7) is 5.28. The molecule has 0 saturated heterocycles. The van der Waals surface area contributed by atoms with Crippen LogP contribution in [-0.2, 0) is 6.54 Å². The van der Waals surface area contributed by atoms with Crippen LogP contribution < -0.4 is 0 Å². The summed E-state index contributed by atoms with van der Waals surface area (Å²) in [5.41, 5.74) is 4.36. The molecule has 0 fully saturated rings. The number of hydrogen-bond donors (Lipinski definition) is 0. The Balaban J connectivity index is 2.00. The van der Waals surface area contributed by atoms with E-state index in [1.165, 1.54) is 11.1 Å². The molecule has 0 amide bonds. The molecule has 0 unspecified atom stereocenters. The SMILES string of the molecule is Cc1ccc(C(=O)CN(C)Cc2cccc(Br)c2)cc1C. The second kappa shape index (κ2) is 7.01.